The molecule has 0 fully saturated rings. The first-order valence-corrected chi connectivity index (χ1v) is 8.87. The summed E-state index contributed by atoms with van der Waals surface area (Å²) < 4.78 is 6.65. The Morgan fingerprint density at radius 3 is 2.59 bits per heavy atom. The highest BCUT2D eigenvalue weighted by atomic mass is 35.5. The number of hydrogen-bond acceptors (Lipinski definition) is 6. The Labute approximate surface area is 172 Å². The van der Waals surface area contributed by atoms with Crippen molar-refractivity contribution in [1.82, 2.24) is 19.7 Å². The van der Waals surface area contributed by atoms with Gasteiger partial charge in [-0.3, -0.25) is 14.8 Å². The number of H-pyrrole nitrogens is 1. The lowest BCUT2D eigenvalue weighted by Crippen LogP contribution is -2.33. The first-order chi connectivity index (χ1) is 14.0. The van der Waals surface area contributed by atoms with Crippen molar-refractivity contribution in [3.63, 3.8) is 0 Å². The number of rotatable bonds is 3. The van der Waals surface area contributed by atoms with Gasteiger partial charge in [0.2, 0.25) is 5.69 Å². The predicted molar refractivity (Wildman–Crippen MR) is 107 cm³/mol. The van der Waals surface area contributed by atoms with Gasteiger partial charge in [-0.2, -0.15) is 9.94 Å². The van der Waals surface area contributed by atoms with Crippen molar-refractivity contribution < 1.29 is 4.74 Å². The molecule has 0 aliphatic carbocycles. The van der Waals surface area contributed by atoms with Gasteiger partial charge in [0.05, 0.1) is 21.2 Å². The normalized spacial score (nSPS) is 10.7. The van der Waals surface area contributed by atoms with Crippen LogP contribution in [0.3, 0.4) is 0 Å². The maximum Gasteiger partial charge on any atom is 0.349 e. The Morgan fingerprint density at radius 2 is 1.86 bits per heavy atom. The molecule has 8 nitrogen and oxygen atoms in total. The first-order valence-electron chi connectivity index (χ1n) is 8.12. The summed E-state index contributed by atoms with van der Waals surface area (Å²) in [5.41, 5.74) is -1.22. The molecule has 10 heteroatoms. The number of nitrogens with one attached hydrogen (secondary N) is 1. The van der Waals surface area contributed by atoms with E-state index in [-0.39, 0.29) is 21.5 Å². The average molecular weight is 426 g/mol. The van der Waals surface area contributed by atoms with Crippen LogP contribution in [0.4, 0.5) is 0 Å². The Morgan fingerprint density at radius 1 is 1.10 bits per heavy atom. The highest BCUT2D eigenvalue weighted by Gasteiger charge is 2.15. The molecule has 2 heterocycles. The number of halogens is 2. The summed E-state index contributed by atoms with van der Waals surface area (Å²) in [6, 6.07) is 13.4. The zero-order chi connectivity index (χ0) is 20.5. The van der Waals surface area contributed by atoms with E-state index < -0.39 is 16.9 Å². The fourth-order valence-corrected chi connectivity index (χ4v) is 3.20. The van der Waals surface area contributed by atoms with E-state index >= 15 is 0 Å². The van der Waals surface area contributed by atoms with Gasteiger partial charge in [0.15, 0.2) is 5.75 Å². The minimum Gasteiger partial charge on any atom is -0.454 e. The van der Waals surface area contributed by atoms with E-state index in [2.05, 4.69) is 10.1 Å². The van der Waals surface area contributed by atoms with E-state index in [1.54, 1.807) is 30.5 Å². The maximum absolute atomic E-state index is 12.0. The number of benzene rings is 2. The minimum absolute atomic E-state index is 0.109. The fourth-order valence-electron chi connectivity index (χ4n) is 2.65. The molecular weight excluding hydrogens is 417 g/mol. The standard InChI is InChI=1S/C19H9Cl2N5O3/c20-13-7-11(26-19(28)24-18(27)16(9-22)25-26)8-14(21)17(13)29-12-3-4-15-10(6-12)2-1-5-23-15/h1-8H,(H,24,27,28). The minimum atomic E-state index is -0.878. The summed E-state index contributed by atoms with van der Waals surface area (Å²) >= 11 is 12.6. The Balaban J connectivity index is 1.75. The SMILES string of the molecule is N#Cc1nn(-c2cc(Cl)c(Oc3ccc4ncccc4c3)c(Cl)c2)c(=O)[nH]c1=O. The Kier molecular flexibility index (Phi) is 4.76. The Bertz CT molecular complexity index is 1400. The number of nitrogens with zero attached hydrogens (tertiary/aromatic N) is 4. The van der Waals surface area contributed by atoms with Gasteiger partial charge >= 0.3 is 5.69 Å². The largest absolute Gasteiger partial charge is 0.454 e. The summed E-state index contributed by atoms with van der Waals surface area (Å²) in [4.78, 5) is 29.8. The lowest BCUT2D eigenvalue weighted by Gasteiger charge is -2.12. The number of hydrogen-bond donors (Lipinski definition) is 1. The van der Waals surface area contributed by atoms with Crippen LogP contribution in [-0.4, -0.2) is 19.7 Å². The van der Waals surface area contributed by atoms with Gasteiger partial charge in [0.1, 0.15) is 11.8 Å². The van der Waals surface area contributed by atoms with E-state index in [0.717, 1.165) is 15.6 Å². The van der Waals surface area contributed by atoms with Gasteiger partial charge in [0, 0.05) is 11.6 Å². The molecule has 0 amide bonds. The molecule has 4 rings (SSSR count). The van der Waals surface area contributed by atoms with E-state index in [1.807, 2.05) is 17.1 Å². The summed E-state index contributed by atoms with van der Waals surface area (Å²) in [6.45, 7) is 0. The van der Waals surface area contributed by atoms with Crippen LogP contribution in [0.5, 0.6) is 11.5 Å². The smallest absolute Gasteiger partial charge is 0.349 e. The second-order valence-electron chi connectivity index (χ2n) is 5.83. The molecule has 1 N–H and O–H groups in total. The summed E-state index contributed by atoms with van der Waals surface area (Å²) in [6.07, 6.45) is 1.69. The number of fused-ring (bicyclic) bond motifs is 1. The van der Waals surface area contributed by atoms with Gasteiger partial charge < -0.3 is 4.74 Å². The number of pyridine rings is 1. The highest BCUT2D eigenvalue weighted by Crippen LogP contribution is 2.38. The zero-order valence-corrected chi connectivity index (χ0v) is 15.9. The third kappa shape index (κ3) is 3.57. The van der Waals surface area contributed by atoms with Gasteiger partial charge in [-0.05, 0) is 36.4 Å². The van der Waals surface area contributed by atoms with E-state index in [4.69, 9.17) is 33.2 Å². The average Bonchev–Trinajstić information content (AvgIpc) is 2.70. The van der Waals surface area contributed by atoms with Crippen LogP contribution in [0.15, 0.2) is 58.3 Å². The molecule has 0 aliphatic rings. The van der Waals surface area contributed by atoms with Crippen molar-refractivity contribution in [2.45, 2.75) is 0 Å². The van der Waals surface area contributed by atoms with Crippen LogP contribution in [0.1, 0.15) is 5.69 Å². The van der Waals surface area contributed by atoms with Crippen molar-refractivity contribution in [2.24, 2.45) is 0 Å². The fraction of sp³-hybridized carbons (Fsp3) is 0. The van der Waals surface area contributed by atoms with Gasteiger partial charge in [-0.15, -0.1) is 5.10 Å². The quantitative estimate of drug-likeness (QED) is 0.537. The number of aromatic amines is 1. The van der Waals surface area contributed by atoms with Crippen molar-refractivity contribution in [3.8, 4) is 23.3 Å². The first kappa shape index (κ1) is 18.7. The molecule has 0 aliphatic heterocycles. The summed E-state index contributed by atoms with van der Waals surface area (Å²) in [5, 5.41) is 13.8. The van der Waals surface area contributed by atoms with Gasteiger partial charge in [-0.1, -0.05) is 29.3 Å². The second kappa shape index (κ2) is 7.39. The molecule has 0 atom stereocenters. The molecule has 2 aromatic carbocycles. The van der Waals surface area contributed by atoms with E-state index in [0.29, 0.717) is 5.75 Å². The molecule has 142 valence electrons. The molecule has 0 saturated carbocycles. The molecule has 0 spiro atoms. The molecule has 0 bridgehead atoms. The third-order valence-corrected chi connectivity index (χ3v) is 4.52. The lowest BCUT2D eigenvalue weighted by molar-refractivity contribution is 0.483. The van der Waals surface area contributed by atoms with Crippen molar-refractivity contribution in [3.05, 3.63) is 85.2 Å². The van der Waals surface area contributed by atoms with Crippen LogP contribution in [0.25, 0.3) is 16.6 Å². The second-order valence-corrected chi connectivity index (χ2v) is 6.64. The van der Waals surface area contributed by atoms with Crippen LogP contribution < -0.4 is 16.0 Å². The molecule has 29 heavy (non-hydrogen) atoms. The van der Waals surface area contributed by atoms with Crippen molar-refractivity contribution >= 4 is 34.1 Å². The predicted octanol–water partition coefficient (Wildman–Crippen LogP) is 3.44. The van der Waals surface area contributed by atoms with Crippen LogP contribution in [0.2, 0.25) is 10.0 Å². The number of nitriles is 1. The third-order valence-electron chi connectivity index (χ3n) is 3.96. The molecule has 2 aromatic heterocycles. The van der Waals surface area contributed by atoms with Crippen LogP contribution in [-0.2, 0) is 0 Å². The van der Waals surface area contributed by atoms with Crippen molar-refractivity contribution in [2.75, 3.05) is 0 Å². The molecule has 0 unspecified atom stereocenters. The monoisotopic (exact) mass is 425 g/mol. The number of ether oxygens (including phenoxy) is 1. The van der Waals surface area contributed by atoms with E-state index in [9.17, 15) is 9.59 Å². The van der Waals surface area contributed by atoms with Gasteiger partial charge in [-0.25, -0.2) is 4.79 Å². The van der Waals surface area contributed by atoms with E-state index in [1.165, 1.54) is 12.1 Å². The lowest BCUT2D eigenvalue weighted by atomic mass is 10.2. The van der Waals surface area contributed by atoms with Crippen LogP contribution in [0, 0.1) is 11.3 Å². The molecule has 0 radical (unpaired) electrons. The van der Waals surface area contributed by atoms with Crippen molar-refractivity contribution in [1.29, 1.82) is 5.26 Å². The van der Waals surface area contributed by atoms with Crippen LogP contribution >= 0.6 is 23.2 Å². The topological polar surface area (TPSA) is 114 Å². The molecule has 4 aromatic rings. The highest BCUT2D eigenvalue weighted by molar-refractivity contribution is 6.37. The molecular formula is C19H9Cl2N5O3. The summed E-state index contributed by atoms with van der Waals surface area (Å²) in [5.74, 6) is 0.673. The molecule has 0 saturated heterocycles. The Hall–Kier alpha value is -3.67. The maximum atomic E-state index is 12.0. The zero-order valence-electron chi connectivity index (χ0n) is 14.4. The summed E-state index contributed by atoms with van der Waals surface area (Å²) in [7, 11) is 0. The van der Waals surface area contributed by atoms with Gasteiger partial charge in [0.25, 0.3) is 5.56 Å². The number of aromatic nitrogens is 4.